The normalized spacial score (nSPS) is 18.4. The first kappa shape index (κ1) is 44.3. The van der Waals surface area contributed by atoms with E-state index in [1.807, 2.05) is 11.8 Å². The average molecular weight is 1020 g/mol. The minimum absolute atomic E-state index is 0.260. The molecule has 0 N–H and O–H groups in total. The Bertz CT molecular complexity index is 4380. The molecular weight excluding hydrogens is 965 g/mol. The first-order valence-corrected chi connectivity index (χ1v) is 28.6. The van der Waals surface area contributed by atoms with Gasteiger partial charge in [0.1, 0.15) is 5.58 Å². The zero-order valence-corrected chi connectivity index (χ0v) is 43.8. The molecule has 1 aromatic heterocycles. The predicted molar refractivity (Wildman–Crippen MR) is 321 cm³/mol. The first-order chi connectivity index (χ1) is 38.7. The second-order valence-electron chi connectivity index (χ2n) is 22.0. The zero-order valence-electron chi connectivity index (χ0n) is 42.9. The predicted octanol–water partition coefficient (Wildman–Crippen LogP) is 20.0. The van der Waals surface area contributed by atoms with Crippen LogP contribution in [0.2, 0.25) is 0 Å². The summed E-state index contributed by atoms with van der Waals surface area (Å²) in [6.07, 6.45) is 5.01. The Labute approximate surface area is 459 Å². The van der Waals surface area contributed by atoms with Crippen molar-refractivity contribution >= 4 is 67.8 Å². The number of furan rings is 1. The smallest absolute Gasteiger partial charge is 0.159 e. The Morgan fingerprint density at radius 3 is 1.73 bits per heavy atom. The van der Waals surface area contributed by atoms with Gasteiger partial charge in [-0.1, -0.05) is 207 Å². The van der Waals surface area contributed by atoms with Crippen molar-refractivity contribution in [1.29, 1.82) is 0 Å². The molecule has 0 radical (unpaired) electrons. The second-order valence-corrected chi connectivity index (χ2v) is 23.1. The Morgan fingerprint density at radius 1 is 0.397 bits per heavy atom. The maximum atomic E-state index is 7.38. The van der Waals surface area contributed by atoms with Crippen LogP contribution in [0.3, 0.4) is 0 Å². The molecule has 12 aromatic rings. The maximum Gasteiger partial charge on any atom is 0.159 e. The molecule has 11 aromatic carbocycles. The number of rotatable bonds is 6. The van der Waals surface area contributed by atoms with Crippen molar-refractivity contribution in [3.63, 3.8) is 0 Å². The third kappa shape index (κ3) is 5.85. The van der Waals surface area contributed by atoms with Gasteiger partial charge in [-0.15, -0.1) is 0 Å². The van der Waals surface area contributed by atoms with E-state index in [1.165, 1.54) is 96.7 Å². The molecule has 2 spiro atoms. The number of benzene rings is 11. The van der Waals surface area contributed by atoms with Crippen LogP contribution in [0.25, 0.3) is 44.2 Å². The SMILES string of the molecule is c1ccc(N(c2cccc3c2-c2ccccc2C32c3ccccc3-c3ccccc32)c2cccc3c2oc2cccc(N(c4ccccc4)c4ccc5c(c4)C4(c6ccccc6S5)c5ccccc5[C@H]5CCCCC54)c23)cc1. The summed E-state index contributed by atoms with van der Waals surface area (Å²) in [4.78, 5) is 7.69. The van der Waals surface area contributed by atoms with Crippen molar-refractivity contribution in [2.24, 2.45) is 5.92 Å². The lowest BCUT2D eigenvalue weighted by molar-refractivity contribution is 0.257. The van der Waals surface area contributed by atoms with E-state index in [0.717, 1.165) is 56.1 Å². The Morgan fingerprint density at radius 2 is 0.962 bits per heavy atom. The molecular formula is C74H52N2OS. The van der Waals surface area contributed by atoms with Crippen molar-refractivity contribution in [3.05, 3.63) is 299 Å². The molecule has 2 heterocycles. The fourth-order valence-corrected chi connectivity index (χ4v) is 17.0. The summed E-state index contributed by atoms with van der Waals surface area (Å²) in [6, 6.07) is 95.6. The average Bonchev–Trinajstić information content (AvgIpc) is 3.35. The van der Waals surface area contributed by atoms with E-state index < -0.39 is 5.41 Å². The van der Waals surface area contributed by atoms with E-state index in [0.29, 0.717) is 11.8 Å². The first-order valence-electron chi connectivity index (χ1n) is 27.8. The van der Waals surface area contributed by atoms with Crippen molar-refractivity contribution in [1.82, 2.24) is 0 Å². The molecule has 370 valence electrons. The van der Waals surface area contributed by atoms with Crippen LogP contribution < -0.4 is 9.80 Å². The lowest BCUT2D eigenvalue weighted by atomic mass is 9.60. The quantitative estimate of drug-likeness (QED) is 0.165. The Balaban J connectivity index is 0.885. The topological polar surface area (TPSA) is 19.6 Å². The second kappa shape index (κ2) is 16.8. The van der Waals surface area contributed by atoms with Gasteiger partial charge in [-0.2, -0.15) is 0 Å². The van der Waals surface area contributed by atoms with Crippen LogP contribution in [-0.2, 0) is 10.8 Å². The lowest BCUT2D eigenvalue weighted by Gasteiger charge is -2.46. The highest BCUT2D eigenvalue weighted by Crippen LogP contribution is 2.68. The van der Waals surface area contributed by atoms with Crippen LogP contribution in [0.4, 0.5) is 34.1 Å². The molecule has 17 rings (SSSR count). The van der Waals surface area contributed by atoms with Crippen LogP contribution in [0.5, 0.6) is 0 Å². The van der Waals surface area contributed by atoms with Gasteiger partial charge in [0.05, 0.1) is 33.3 Å². The van der Waals surface area contributed by atoms with Gasteiger partial charge in [0, 0.05) is 37.8 Å². The Hall–Kier alpha value is -8.83. The minimum atomic E-state index is -0.476. The number of hydrogen-bond acceptors (Lipinski definition) is 4. The summed E-state index contributed by atoms with van der Waals surface area (Å²) in [5.41, 5.74) is 23.7. The third-order valence-corrected chi connectivity index (χ3v) is 19.7. The maximum absolute atomic E-state index is 7.38. The van der Waals surface area contributed by atoms with Gasteiger partial charge in [-0.3, -0.25) is 0 Å². The molecule has 2 unspecified atom stereocenters. The van der Waals surface area contributed by atoms with Crippen LogP contribution in [-0.4, -0.2) is 0 Å². The van der Waals surface area contributed by atoms with Crippen molar-refractivity contribution in [3.8, 4) is 22.3 Å². The molecule has 5 aliphatic rings. The molecule has 3 nitrogen and oxygen atoms in total. The highest BCUT2D eigenvalue weighted by molar-refractivity contribution is 7.99. The summed E-state index contributed by atoms with van der Waals surface area (Å²) in [5.74, 6) is 1.01. The van der Waals surface area contributed by atoms with Gasteiger partial charge in [0.2, 0.25) is 0 Å². The zero-order chi connectivity index (χ0) is 51.1. The van der Waals surface area contributed by atoms with Crippen molar-refractivity contribution in [2.45, 2.75) is 52.2 Å². The molecule has 0 bridgehead atoms. The van der Waals surface area contributed by atoms with Crippen molar-refractivity contribution < 1.29 is 4.42 Å². The molecule has 1 saturated carbocycles. The number of anilines is 6. The van der Waals surface area contributed by atoms with Crippen LogP contribution >= 0.6 is 11.8 Å². The van der Waals surface area contributed by atoms with Gasteiger partial charge in [0.15, 0.2) is 5.58 Å². The van der Waals surface area contributed by atoms with Crippen LogP contribution in [0.1, 0.15) is 76.1 Å². The van der Waals surface area contributed by atoms with Crippen molar-refractivity contribution in [2.75, 3.05) is 9.80 Å². The summed E-state index contributed by atoms with van der Waals surface area (Å²) in [6.45, 7) is 0. The van der Waals surface area contributed by atoms with Crippen LogP contribution in [0, 0.1) is 5.92 Å². The minimum Gasteiger partial charge on any atom is -0.454 e. The molecule has 0 amide bonds. The molecule has 0 saturated heterocycles. The molecule has 4 heteroatoms. The molecule has 3 atom stereocenters. The van der Waals surface area contributed by atoms with Gasteiger partial charge < -0.3 is 14.2 Å². The number of para-hydroxylation sites is 3. The molecule has 4 aliphatic carbocycles. The van der Waals surface area contributed by atoms with Gasteiger partial charge in [-0.25, -0.2) is 0 Å². The number of nitrogens with zero attached hydrogens (tertiary/aromatic N) is 2. The van der Waals surface area contributed by atoms with E-state index in [-0.39, 0.29) is 5.41 Å². The number of fused-ring (bicyclic) bond motifs is 22. The fraction of sp³-hybridized carbons (Fsp3) is 0.108. The summed E-state index contributed by atoms with van der Waals surface area (Å²) < 4.78 is 7.38. The van der Waals surface area contributed by atoms with E-state index in [1.54, 1.807) is 5.56 Å². The Kier molecular flexibility index (Phi) is 9.56. The highest BCUT2D eigenvalue weighted by Gasteiger charge is 2.57. The highest BCUT2D eigenvalue weighted by atomic mass is 32.2. The lowest BCUT2D eigenvalue weighted by Crippen LogP contribution is -2.39. The van der Waals surface area contributed by atoms with E-state index in [4.69, 9.17) is 4.42 Å². The van der Waals surface area contributed by atoms with E-state index >= 15 is 0 Å². The van der Waals surface area contributed by atoms with E-state index in [9.17, 15) is 0 Å². The summed E-state index contributed by atoms with van der Waals surface area (Å²) in [7, 11) is 0. The third-order valence-electron chi connectivity index (χ3n) is 18.5. The summed E-state index contributed by atoms with van der Waals surface area (Å²) >= 11 is 1.94. The standard InChI is InChI=1S/C74H52N2OS/c1-3-22-47(23-4-1)75(49-44-45-69-63(46-49)74(61-37-17-18-43-68(61)78-69)58-34-14-9-28-52(58)53-29-10-15-35-59(53)74)65-40-21-42-67-71(65)55-31-19-41-66(72(55)77-67)76(48-24-5-2-6-25-48)64-39-20-38-62-70(64)54-30-11-16-36-60(54)73(62)56-32-12-7-26-50(56)51-27-8-13-33-57(51)73/h1-9,11-14,16-28,30-34,36-46,53,59H,10,15,29,35H2/t53-,59?,74?/m1/s1. The largest absolute Gasteiger partial charge is 0.454 e. The fourth-order valence-electron chi connectivity index (χ4n) is 15.8. The van der Waals surface area contributed by atoms with Gasteiger partial charge >= 0.3 is 0 Å². The van der Waals surface area contributed by atoms with Gasteiger partial charge in [0.25, 0.3) is 0 Å². The van der Waals surface area contributed by atoms with E-state index in [2.05, 4.69) is 265 Å². The monoisotopic (exact) mass is 1020 g/mol. The molecule has 1 fully saturated rings. The number of hydrogen-bond donors (Lipinski definition) is 0. The molecule has 1 aliphatic heterocycles. The molecule has 78 heavy (non-hydrogen) atoms. The summed E-state index contributed by atoms with van der Waals surface area (Å²) in [5, 5.41) is 2.15. The van der Waals surface area contributed by atoms with Gasteiger partial charge in [-0.05, 0) is 159 Å². The van der Waals surface area contributed by atoms with Crippen LogP contribution in [0.15, 0.2) is 269 Å².